The van der Waals surface area contributed by atoms with Crippen molar-refractivity contribution in [2.75, 3.05) is 5.32 Å². The first kappa shape index (κ1) is 9.84. The standard InChI is InChI=1S/C7H7BrN6O/c1-14-12-7(11-13-14)10-6(15)5-2-4(8)3-9-5/h2-3,9H,1H3,(H,10,12,15). The Morgan fingerprint density at radius 1 is 1.67 bits per heavy atom. The first-order chi connectivity index (χ1) is 7.15. The zero-order valence-electron chi connectivity index (χ0n) is 7.73. The van der Waals surface area contributed by atoms with Gasteiger partial charge in [-0.05, 0) is 27.2 Å². The molecule has 0 saturated heterocycles. The van der Waals surface area contributed by atoms with Crippen LogP contribution in [0, 0.1) is 0 Å². The number of H-pyrrole nitrogens is 1. The first-order valence-electron chi connectivity index (χ1n) is 4.04. The Morgan fingerprint density at radius 2 is 2.47 bits per heavy atom. The summed E-state index contributed by atoms with van der Waals surface area (Å²) >= 11 is 3.23. The highest BCUT2D eigenvalue weighted by atomic mass is 79.9. The maximum atomic E-state index is 11.6. The van der Waals surface area contributed by atoms with Crippen LogP contribution in [0.1, 0.15) is 10.5 Å². The molecule has 0 unspecified atom stereocenters. The summed E-state index contributed by atoms with van der Waals surface area (Å²) in [5, 5.41) is 13.5. The van der Waals surface area contributed by atoms with Crippen molar-refractivity contribution >= 4 is 27.8 Å². The first-order valence-corrected chi connectivity index (χ1v) is 4.84. The lowest BCUT2D eigenvalue weighted by molar-refractivity contribution is 0.102. The van der Waals surface area contributed by atoms with Crippen LogP contribution in [0.4, 0.5) is 5.95 Å². The molecule has 0 atom stereocenters. The molecule has 2 aromatic rings. The highest BCUT2D eigenvalue weighted by Gasteiger charge is 2.10. The second-order valence-corrected chi connectivity index (χ2v) is 3.70. The van der Waals surface area contributed by atoms with Crippen LogP contribution in [-0.4, -0.2) is 31.1 Å². The van der Waals surface area contributed by atoms with Crippen LogP contribution in [0.3, 0.4) is 0 Å². The molecule has 0 saturated carbocycles. The Bertz CT molecular complexity index is 489. The van der Waals surface area contributed by atoms with Crippen LogP contribution in [0.5, 0.6) is 0 Å². The summed E-state index contributed by atoms with van der Waals surface area (Å²) in [5.74, 6) is -0.137. The summed E-state index contributed by atoms with van der Waals surface area (Å²) in [5.41, 5.74) is 0.425. The Labute approximate surface area is 93.0 Å². The summed E-state index contributed by atoms with van der Waals surface area (Å²) < 4.78 is 0.805. The molecule has 2 N–H and O–H groups in total. The van der Waals surface area contributed by atoms with E-state index in [0.29, 0.717) is 5.69 Å². The van der Waals surface area contributed by atoms with Gasteiger partial charge in [0.15, 0.2) is 0 Å². The largest absolute Gasteiger partial charge is 0.356 e. The van der Waals surface area contributed by atoms with E-state index in [-0.39, 0.29) is 11.9 Å². The third-order valence-corrected chi connectivity index (χ3v) is 2.08. The number of carbonyl (C=O) groups excluding carboxylic acids is 1. The summed E-state index contributed by atoms with van der Waals surface area (Å²) in [6, 6.07) is 1.66. The number of aromatic amines is 1. The molecule has 15 heavy (non-hydrogen) atoms. The van der Waals surface area contributed by atoms with Crippen molar-refractivity contribution < 1.29 is 4.79 Å². The molecule has 0 aromatic carbocycles. The fourth-order valence-corrected chi connectivity index (χ4v) is 1.35. The average molecular weight is 271 g/mol. The van der Waals surface area contributed by atoms with Gasteiger partial charge in [-0.25, -0.2) is 0 Å². The van der Waals surface area contributed by atoms with Crippen molar-refractivity contribution in [2.45, 2.75) is 0 Å². The van der Waals surface area contributed by atoms with Crippen molar-refractivity contribution in [3.05, 3.63) is 22.4 Å². The Hall–Kier alpha value is -1.70. The zero-order chi connectivity index (χ0) is 10.8. The van der Waals surface area contributed by atoms with E-state index in [4.69, 9.17) is 0 Å². The molecule has 78 valence electrons. The van der Waals surface area contributed by atoms with E-state index in [0.717, 1.165) is 4.47 Å². The zero-order valence-corrected chi connectivity index (χ0v) is 9.32. The van der Waals surface area contributed by atoms with Gasteiger partial charge in [0, 0.05) is 10.7 Å². The summed E-state index contributed by atoms with van der Waals surface area (Å²) in [6.45, 7) is 0. The van der Waals surface area contributed by atoms with Gasteiger partial charge in [-0.15, -0.1) is 5.10 Å². The number of rotatable bonds is 2. The van der Waals surface area contributed by atoms with Gasteiger partial charge in [0.05, 0.1) is 7.05 Å². The van der Waals surface area contributed by atoms with Crippen LogP contribution < -0.4 is 5.32 Å². The fraction of sp³-hybridized carbons (Fsp3) is 0.143. The lowest BCUT2D eigenvalue weighted by atomic mass is 10.4. The normalized spacial score (nSPS) is 10.3. The van der Waals surface area contributed by atoms with Crippen LogP contribution in [0.2, 0.25) is 0 Å². The number of nitrogens with one attached hydrogen (secondary N) is 2. The summed E-state index contributed by atoms with van der Waals surface area (Å²) in [6.07, 6.45) is 1.67. The molecular formula is C7H7BrN6O. The molecule has 2 aromatic heterocycles. The molecule has 0 aliphatic heterocycles. The van der Waals surface area contributed by atoms with E-state index < -0.39 is 0 Å². The summed E-state index contributed by atoms with van der Waals surface area (Å²) in [7, 11) is 1.62. The van der Waals surface area contributed by atoms with Gasteiger partial charge in [-0.1, -0.05) is 5.10 Å². The molecule has 0 radical (unpaired) electrons. The van der Waals surface area contributed by atoms with E-state index in [9.17, 15) is 4.79 Å². The van der Waals surface area contributed by atoms with Crippen molar-refractivity contribution in [1.29, 1.82) is 0 Å². The quantitative estimate of drug-likeness (QED) is 0.834. The van der Waals surface area contributed by atoms with Gasteiger partial charge >= 0.3 is 0 Å². The van der Waals surface area contributed by atoms with E-state index in [1.54, 1.807) is 19.3 Å². The lowest BCUT2D eigenvalue weighted by Gasteiger charge is -1.95. The van der Waals surface area contributed by atoms with Gasteiger partial charge in [0.2, 0.25) is 0 Å². The van der Waals surface area contributed by atoms with Crippen LogP contribution in [-0.2, 0) is 7.05 Å². The third kappa shape index (κ3) is 2.21. The lowest BCUT2D eigenvalue weighted by Crippen LogP contribution is -2.13. The number of aryl methyl sites for hydroxylation is 1. The number of halogens is 1. The number of hydrogen-bond acceptors (Lipinski definition) is 4. The molecule has 7 nitrogen and oxygen atoms in total. The van der Waals surface area contributed by atoms with Crippen molar-refractivity contribution in [3.63, 3.8) is 0 Å². The molecule has 2 rings (SSSR count). The maximum absolute atomic E-state index is 11.6. The molecular weight excluding hydrogens is 264 g/mol. The minimum atomic E-state index is -0.311. The van der Waals surface area contributed by atoms with Gasteiger partial charge in [0.25, 0.3) is 11.9 Å². The van der Waals surface area contributed by atoms with Gasteiger partial charge in [-0.2, -0.15) is 4.80 Å². The minimum absolute atomic E-state index is 0.174. The predicted molar refractivity (Wildman–Crippen MR) is 55.2 cm³/mol. The predicted octanol–water partition coefficient (Wildman–Crippen LogP) is 0.553. The van der Waals surface area contributed by atoms with E-state index >= 15 is 0 Å². The molecule has 0 bridgehead atoms. The number of nitrogens with zero attached hydrogens (tertiary/aromatic N) is 4. The molecule has 1 amide bonds. The highest BCUT2D eigenvalue weighted by molar-refractivity contribution is 9.10. The number of aromatic nitrogens is 5. The van der Waals surface area contributed by atoms with Gasteiger partial charge in [-0.3, -0.25) is 10.1 Å². The third-order valence-electron chi connectivity index (χ3n) is 1.63. The van der Waals surface area contributed by atoms with Gasteiger partial charge < -0.3 is 4.98 Å². The fourth-order valence-electron chi connectivity index (χ4n) is 1.00. The topological polar surface area (TPSA) is 88.5 Å². The van der Waals surface area contributed by atoms with Crippen LogP contribution in [0.15, 0.2) is 16.7 Å². The second-order valence-electron chi connectivity index (χ2n) is 2.79. The molecule has 0 fully saturated rings. The Morgan fingerprint density at radius 3 is 3.00 bits per heavy atom. The van der Waals surface area contributed by atoms with Crippen molar-refractivity contribution in [3.8, 4) is 0 Å². The Kier molecular flexibility index (Phi) is 2.50. The number of carbonyl (C=O) groups is 1. The maximum Gasteiger partial charge on any atom is 0.274 e. The molecule has 0 spiro atoms. The van der Waals surface area contributed by atoms with Gasteiger partial charge in [0.1, 0.15) is 5.69 Å². The average Bonchev–Trinajstić information content (AvgIpc) is 2.75. The molecule has 0 aliphatic carbocycles. The van der Waals surface area contributed by atoms with Crippen molar-refractivity contribution in [2.24, 2.45) is 7.05 Å². The molecule has 0 aliphatic rings. The number of hydrogen-bond donors (Lipinski definition) is 2. The SMILES string of the molecule is Cn1nnc(NC(=O)c2cc(Br)c[nH]2)n1. The van der Waals surface area contributed by atoms with E-state index in [2.05, 4.69) is 41.6 Å². The molecule has 2 heterocycles. The number of amides is 1. The van der Waals surface area contributed by atoms with E-state index in [1.165, 1.54) is 4.80 Å². The van der Waals surface area contributed by atoms with Crippen LogP contribution >= 0.6 is 15.9 Å². The monoisotopic (exact) mass is 270 g/mol. The van der Waals surface area contributed by atoms with E-state index in [1.807, 2.05) is 0 Å². The van der Waals surface area contributed by atoms with Crippen molar-refractivity contribution in [1.82, 2.24) is 25.2 Å². The number of tetrazole rings is 1. The number of anilines is 1. The van der Waals surface area contributed by atoms with Crippen LogP contribution in [0.25, 0.3) is 0 Å². The minimum Gasteiger partial charge on any atom is -0.356 e. The summed E-state index contributed by atoms with van der Waals surface area (Å²) in [4.78, 5) is 15.6. The highest BCUT2D eigenvalue weighted by Crippen LogP contribution is 2.11. The smallest absolute Gasteiger partial charge is 0.274 e. The molecule has 8 heteroatoms. The Balaban J connectivity index is 2.10. The second kappa shape index (κ2) is 3.81.